The van der Waals surface area contributed by atoms with Crippen LogP contribution in [0.4, 0.5) is 0 Å². The molecule has 1 aromatic rings. The Morgan fingerprint density at radius 3 is 2.80 bits per heavy atom. The summed E-state index contributed by atoms with van der Waals surface area (Å²) in [5.74, 6) is 0.243. The molecule has 1 aromatic heterocycles. The van der Waals surface area contributed by atoms with E-state index in [4.69, 9.17) is 0 Å². The van der Waals surface area contributed by atoms with Crippen LogP contribution in [-0.2, 0) is 17.1 Å². The van der Waals surface area contributed by atoms with Gasteiger partial charge in [-0.3, -0.25) is 0 Å². The quantitative estimate of drug-likeness (QED) is 0.618. The maximum atomic E-state index is 10.1. The van der Waals surface area contributed by atoms with Crippen LogP contribution in [0, 0.1) is 0 Å². The average molecular weight is 159 g/mol. The Balaban J connectivity index is 2.42. The minimum absolute atomic E-state index is 0.243. The number of H-pyrrole nitrogens is 1. The van der Waals surface area contributed by atoms with E-state index in [2.05, 4.69) is 4.98 Å². The van der Waals surface area contributed by atoms with Crippen LogP contribution >= 0.6 is 0 Å². The number of thiol groups is 1. The van der Waals surface area contributed by atoms with E-state index >= 15 is 0 Å². The third-order valence-corrected chi connectivity index (χ3v) is 1.83. The van der Waals surface area contributed by atoms with Gasteiger partial charge >= 0.3 is 0 Å². The van der Waals surface area contributed by atoms with E-state index in [0.717, 1.165) is 5.56 Å². The van der Waals surface area contributed by atoms with E-state index in [1.807, 2.05) is 6.07 Å². The zero-order valence-corrected chi connectivity index (χ0v) is 6.30. The Kier molecular flexibility index (Phi) is 2.50. The second-order valence-electron chi connectivity index (χ2n) is 2.03. The van der Waals surface area contributed by atoms with E-state index in [1.54, 1.807) is 12.4 Å². The summed E-state index contributed by atoms with van der Waals surface area (Å²) in [5.41, 5.74) is 1.04. The Labute approximate surface area is 61.0 Å². The number of aryl methyl sites for hydroxylation is 1. The predicted molar refractivity (Wildman–Crippen MR) is 39.7 cm³/mol. The fraction of sp³-hybridized carbons (Fsp3) is 0.333. The molecule has 10 heavy (non-hydrogen) atoms. The second kappa shape index (κ2) is 3.41. The summed E-state index contributed by atoms with van der Waals surface area (Å²) in [5, 5.41) is 0. The molecule has 1 heterocycles. The smallest absolute Gasteiger partial charge is 0.140 e. The van der Waals surface area contributed by atoms with Crippen molar-refractivity contribution >= 4 is 10.7 Å². The predicted octanol–water partition coefficient (Wildman–Crippen LogP) is 0.169. The van der Waals surface area contributed by atoms with E-state index in [9.17, 15) is 8.42 Å². The summed E-state index contributed by atoms with van der Waals surface area (Å²) in [4.78, 5) is 2.86. The van der Waals surface area contributed by atoms with Crippen molar-refractivity contribution in [1.29, 1.82) is 0 Å². The highest BCUT2D eigenvalue weighted by Crippen LogP contribution is 1.96. The van der Waals surface area contributed by atoms with Crippen LogP contribution < -0.4 is 0 Å². The molecule has 3 nitrogen and oxygen atoms in total. The van der Waals surface area contributed by atoms with Gasteiger partial charge in [0.1, 0.15) is 10.7 Å². The molecule has 0 amide bonds. The third kappa shape index (κ3) is 2.23. The summed E-state index contributed by atoms with van der Waals surface area (Å²) in [7, 11) is -2.22. The molecule has 0 atom stereocenters. The van der Waals surface area contributed by atoms with Crippen LogP contribution in [-0.4, -0.2) is 19.2 Å². The van der Waals surface area contributed by atoms with Crippen molar-refractivity contribution in [1.82, 2.24) is 4.98 Å². The van der Waals surface area contributed by atoms with Crippen LogP contribution in [0.15, 0.2) is 18.5 Å². The molecule has 0 fully saturated rings. The highest BCUT2D eigenvalue weighted by Gasteiger charge is 1.92. The maximum absolute atomic E-state index is 10.1. The standard InChI is InChI=1S/C6H9NO2S/c8-10(9)4-2-6-1-3-7-5-6/h1,3,5,7,10H,2,4H2. The van der Waals surface area contributed by atoms with Crippen LogP contribution in [0.1, 0.15) is 5.56 Å². The molecule has 0 bridgehead atoms. The molecule has 0 radical (unpaired) electrons. The van der Waals surface area contributed by atoms with E-state index in [-0.39, 0.29) is 5.75 Å². The molecule has 0 aliphatic carbocycles. The van der Waals surface area contributed by atoms with Gasteiger partial charge in [-0.05, 0) is 18.1 Å². The van der Waals surface area contributed by atoms with Gasteiger partial charge in [0, 0.05) is 12.4 Å². The molecule has 0 unspecified atom stereocenters. The summed E-state index contributed by atoms with van der Waals surface area (Å²) in [6.45, 7) is 0. The van der Waals surface area contributed by atoms with Crippen molar-refractivity contribution in [3.63, 3.8) is 0 Å². The van der Waals surface area contributed by atoms with E-state index in [0.29, 0.717) is 6.42 Å². The molecule has 0 saturated carbocycles. The van der Waals surface area contributed by atoms with Crippen molar-refractivity contribution in [2.45, 2.75) is 6.42 Å². The molecule has 56 valence electrons. The highest BCUT2D eigenvalue weighted by atomic mass is 32.2. The van der Waals surface area contributed by atoms with Gasteiger partial charge in [-0.2, -0.15) is 0 Å². The Morgan fingerprint density at radius 1 is 1.50 bits per heavy atom. The first-order chi connectivity index (χ1) is 4.79. The third-order valence-electron chi connectivity index (χ3n) is 1.25. The van der Waals surface area contributed by atoms with Crippen molar-refractivity contribution in [3.8, 4) is 0 Å². The molecular weight excluding hydrogens is 150 g/mol. The van der Waals surface area contributed by atoms with Gasteiger partial charge in [0.2, 0.25) is 0 Å². The Hall–Kier alpha value is -0.770. The lowest BCUT2D eigenvalue weighted by Gasteiger charge is -1.86. The van der Waals surface area contributed by atoms with Crippen molar-refractivity contribution in [2.24, 2.45) is 0 Å². The zero-order valence-electron chi connectivity index (χ0n) is 5.41. The number of hydrogen-bond donors (Lipinski definition) is 2. The van der Waals surface area contributed by atoms with Gasteiger partial charge in [0.05, 0.1) is 5.75 Å². The van der Waals surface area contributed by atoms with Crippen molar-refractivity contribution in [3.05, 3.63) is 24.0 Å². The molecule has 1 N–H and O–H groups in total. The average Bonchev–Trinajstić information content (AvgIpc) is 2.34. The van der Waals surface area contributed by atoms with Crippen LogP contribution in [0.3, 0.4) is 0 Å². The fourth-order valence-corrected chi connectivity index (χ4v) is 1.18. The molecule has 4 heteroatoms. The molecular formula is C6H9NO2S. The van der Waals surface area contributed by atoms with Gasteiger partial charge in [-0.15, -0.1) is 0 Å². The van der Waals surface area contributed by atoms with Gasteiger partial charge < -0.3 is 4.98 Å². The lowest BCUT2D eigenvalue weighted by Crippen LogP contribution is -1.91. The minimum Gasteiger partial charge on any atom is -0.367 e. The SMILES string of the molecule is O=[SH](=O)CCc1cc[nH]c1. The number of aromatic amines is 1. The first-order valence-corrected chi connectivity index (χ1v) is 4.39. The van der Waals surface area contributed by atoms with Gasteiger partial charge in [-0.1, -0.05) is 0 Å². The molecule has 1 rings (SSSR count). The maximum Gasteiger partial charge on any atom is 0.140 e. The summed E-state index contributed by atoms with van der Waals surface area (Å²) in [6, 6.07) is 1.87. The van der Waals surface area contributed by atoms with E-state index < -0.39 is 10.7 Å². The summed E-state index contributed by atoms with van der Waals surface area (Å²) in [6.07, 6.45) is 4.20. The largest absolute Gasteiger partial charge is 0.367 e. The number of nitrogens with one attached hydrogen (secondary N) is 1. The Bertz CT molecular complexity index is 243. The molecule has 0 aliphatic rings. The molecule has 0 saturated heterocycles. The first-order valence-electron chi connectivity index (χ1n) is 3.02. The van der Waals surface area contributed by atoms with Gasteiger partial charge in [-0.25, -0.2) is 8.42 Å². The molecule has 0 spiro atoms. The van der Waals surface area contributed by atoms with Gasteiger partial charge in [0.15, 0.2) is 0 Å². The minimum atomic E-state index is -2.22. The molecule has 0 aromatic carbocycles. The van der Waals surface area contributed by atoms with Crippen LogP contribution in [0.5, 0.6) is 0 Å². The van der Waals surface area contributed by atoms with Crippen molar-refractivity contribution in [2.75, 3.05) is 5.75 Å². The van der Waals surface area contributed by atoms with E-state index in [1.165, 1.54) is 0 Å². The summed E-state index contributed by atoms with van der Waals surface area (Å²) < 4.78 is 20.2. The first kappa shape index (κ1) is 7.34. The zero-order chi connectivity index (χ0) is 7.40. The summed E-state index contributed by atoms with van der Waals surface area (Å²) >= 11 is 0. The Morgan fingerprint density at radius 2 is 2.30 bits per heavy atom. The number of aromatic nitrogens is 1. The van der Waals surface area contributed by atoms with Crippen LogP contribution in [0.25, 0.3) is 0 Å². The topological polar surface area (TPSA) is 49.9 Å². The number of hydrogen-bond acceptors (Lipinski definition) is 2. The van der Waals surface area contributed by atoms with Crippen molar-refractivity contribution < 1.29 is 8.42 Å². The second-order valence-corrected chi connectivity index (χ2v) is 3.14. The number of rotatable bonds is 3. The van der Waals surface area contributed by atoms with Crippen LogP contribution in [0.2, 0.25) is 0 Å². The highest BCUT2D eigenvalue weighted by molar-refractivity contribution is 7.72. The fourth-order valence-electron chi connectivity index (χ4n) is 0.734. The molecule has 0 aliphatic heterocycles. The lowest BCUT2D eigenvalue weighted by atomic mass is 10.3. The normalized spacial score (nSPS) is 10.5. The monoisotopic (exact) mass is 159 g/mol. The van der Waals surface area contributed by atoms with Gasteiger partial charge in [0.25, 0.3) is 0 Å². The lowest BCUT2D eigenvalue weighted by molar-refractivity contribution is 0.614.